The van der Waals surface area contributed by atoms with Gasteiger partial charge in [-0.05, 0) is 24.6 Å². The Labute approximate surface area is 118 Å². The largest absolute Gasteiger partial charge is 0.434 e. The summed E-state index contributed by atoms with van der Waals surface area (Å²) in [6.45, 7) is 1.79. The Hall–Kier alpha value is -3.03. The highest BCUT2D eigenvalue weighted by molar-refractivity contribution is 5.99. The first-order valence-electron chi connectivity index (χ1n) is 5.86. The van der Waals surface area contributed by atoms with E-state index in [9.17, 15) is 14.5 Å². The van der Waals surface area contributed by atoms with Gasteiger partial charge in [0.15, 0.2) is 11.6 Å². The molecule has 1 heterocycles. The van der Waals surface area contributed by atoms with E-state index in [4.69, 9.17) is 10.1 Å². The number of nitro groups is 1. The van der Waals surface area contributed by atoms with Crippen molar-refractivity contribution in [2.24, 2.45) is 4.99 Å². The van der Waals surface area contributed by atoms with Crippen LogP contribution >= 0.6 is 0 Å². The molecule has 2 rings (SSSR count). The van der Waals surface area contributed by atoms with Gasteiger partial charge in [0.2, 0.25) is 5.90 Å². The van der Waals surface area contributed by atoms with Crippen LogP contribution in [0.1, 0.15) is 11.3 Å². The summed E-state index contributed by atoms with van der Waals surface area (Å²) in [6.07, 6.45) is 2.42. The Morgan fingerprint density at radius 1 is 1.52 bits per heavy atom. The van der Waals surface area contributed by atoms with E-state index in [-0.39, 0.29) is 17.3 Å². The average Bonchev–Trinajstić information content (AvgIpc) is 2.86. The number of aromatic nitrogens is 1. The van der Waals surface area contributed by atoms with Crippen molar-refractivity contribution in [3.63, 3.8) is 0 Å². The summed E-state index contributed by atoms with van der Waals surface area (Å²) in [5, 5.41) is 17.6. The molecule has 1 aromatic heterocycles. The minimum Gasteiger partial charge on any atom is -0.434 e. The number of hydrogen-bond acceptors (Lipinski definition) is 4. The SMILES string of the molecule is Cc1cc[nH]c1C(=NC=N)Oc1ccc([N+](=O)[O-])cc1F. The van der Waals surface area contributed by atoms with Crippen LogP contribution in [-0.2, 0) is 0 Å². The summed E-state index contributed by atoms with van der Waals surface area (Å²) < 4.78 is 19.1. The van der Waals surface area contributed by atoms with Crippen molar-refractivity contribution in [1.29, 1.82) is 5.41 Å². The third-order valence-corrected chi connectivity index (χ3v) is 2.68. The highest BCUT2D eigenvalue weighted by Gasteiger charge is 2.16. The molecule has 0 spiro atoms. The first-order valence-corrected chi connectivity index (χ1v) is 5.86. The van der Waals surface area contributed by atoms with Crippen LogP contribution in [0.15, 0.2) is 35.5 Å². The Kier molecular flexibility index (Phi) is 4.07. The Morgan fingerprint density at radius 2 is 2.29 bits per heavy atom. The van der Waals surface area contributed by atoms with Crippen LogP contribution in [0.5, 0.6) is 5.75 Å². The Bertz CT molecular complexity index is 724. The first kappa shape index (κ1) is 14.4. The van der Waals surface area contributed by atoms with Crippen LogP contribution in [-0.4, -0.2) is 22.1 Å². The van der Waals surface area contributed by atoms with Gasteiger partial charge in [-0.15, -0.1) is 0 Å². The molecule has 0 saturated carbocycles. The number of nitrogens with one attached hydrogen (secondary N) is 2. The highest BCUT2D eigenvalue weighted by atomic mass is 19.1. The number of nitrogens with zero attached hydrogens (tertiary/aromatic N) is 2. The van der Waals surface area contributed by atoms with E-state index in [1.165, 1.54) is 0 Å². The molecule has 0 atom stereocenters. The summed E-state index contributed by atoms with van der Waals surface area (Å²) in [4.78, 5) is 16.5. The number of rotatable bonds is 4. The molecule has 0 aliphatic rings. The molecule has 0 unspecified atom stereocenters. The molecule has 1 aromatic carbocycles. The van der Waals surface area contributed by atoms with Gasteiger partial charge < -0.3 is 9.72 Å². The lowest BCUT2D eigenvalue weighted by Gasteiger charge is -2.08. The van der Waals surface area contributed by atoms with Gasteiger partial charge in [-0.3, -0.25) is 15.5 Å². The third kappa shape index (κ3) is 3.11. The second-order valence-electron chi connectivity index (χ2n) is 4.07. The van der Waals surface area contributed by atoms with E-state index >= 15 is 0 Å². The van der Waals surface area contributed by atoms with Crippen LogP contribution in [0.25, 0.3) is 0 Å². The van der Waals surface area contributed by atoms with Gasteiger partial charge in [0.25, 0.3) is 5.69 Å². The molecule has 0 saturated heterocycles. The monoisotopic (exact) mass is 290 g/mol. The number of H-pyrrole nitrogens is 1. The quantitative estimate of drug-likeness (QED) is 0.391. The Balaban J connectivity index is 2.35. The highest BCUT2D eigenvalue weighted by Crippen LogP contribution is 2.23. The molecule has 0 amide bonds. The molecule has 0 aliphatic heterocycles. The number of benzene rings is 1. The van der Waals surface area contributed by atoms with E-state index < -0.39 is 10.7 Å². The summed E-state index contributed by atoms with van der Waals surface area (Å²) in [5.74, 6) is -1.10. The van der Waals surface area contributed by atoms with Crippen molar-refractivity contribution in [1.82, 2.24) is 4.98 Å². The van der Waals surface area contributed by atoms with Crippen LogP contribution in [0.3, 0.4) is 0 Å². The predicted octanol–water partition coefficient (Wildman–Crippen LogP) is 2.80. The van der Waals surface area contributed by atoms with Gasteiger partial charge in [0.1, 0.15) is 12.0 Å². The number of aliphatic imine (C=N–C) groups is 1. The fourth-order valence-electron chi connectivity index (χ4n) is 1.67. The first-order chi connectivity index (χ1) is 10.0. The molecule has 2 aromatic rings. The van der Waals surface area contributed by atoms with Gasteiger partial charge >= 0.3 is 0 Å². The van der Waals surface area contributed by atoms with E-state index in [1.807, 2.05) is 0 Å². The van der Waals surface area contributed by atoms with Gasteiger partial charge in [-0.2, -0.15) is 0 Å². The number of ether oxygens (including phenoxy) is 1. The van der Waals surface area contributed by atoms with Crippen LogP contribution < -0.4 is 4.74 Å². The lowest BCUT2D eigenvalue weighted by molar-refractivity contribution is -0.385. The number of non-ortho nitro benzene ring substituents is 1. The van der Waals surface area contributed by atoms with Gasteiger partial charge in [0, 0.05) is 12.3 Å². The number of nitro benzene ring substituents is 1. The summed E-state index contributed by atoms with van der Waals surface area (Å²) >= 11 is 0. The maximum Gasteiger partial charge on any atom is 0.272 e. The average molecular weight is 290 g/mol. The lowest BCUT2D eigenvalue weighted by Crippen LogP contribution is -2.13. The van der Waals surface area contributed by atoms with Crippen LogP contribution in [0.4, 0.5) is 10.1 Å². The minimum atomic E-state index is -0.883. The smallest absolute Gasteiger partial charge is 0.272 e. The number of halogens is 1. The van der Waals surface area contributed by atoms with Crippen molar-refractivity contribution in [3.8, 4) is 5.75 Å². The number of aryl methyl sites for hydroxylation is 1. The van der Waals surface area contributed by atoms with Crippen molar-refractivity contribution in [2.45, 2.75) is 6.92 Å². The molecular formula is C13H11FN4O3. The van der Waals surface area contributed by atoms with E-state index in [1.54, 1.807) is 19.2 Å². The van der Waals surface area contributed by atoms with Crippen LogP contribution in [0.2, 0.25) is 0 Å². The predicted molar refractivity (Wildman–Crippen MR) is 74.5 cm³/mol. The molecule has 0 radical (unpaired) electrons. The third-order valence-electron chi connectivity index (χ3n) is 2.68. The molecule has 0 fully saturated rings. The zero-order chi connectivity index (χ0) is 15.4. The van der Waals surface area contributed by atoms with E-state index in [2.05, 4.69) is 9.98 Å². The fraction of sp³-hybridized carbons (Fsp3) is 0.0769. The number of hydrogen-bond donors (Lipinski definition) is 2. The molecule has 7 nitrogen and oxygen atoms in total. The lowest BCUT2D eigenvalue weighted by atomic mass is 10.2. The maximum absolute atomic E-state index is 13.8. The minimum absolute atomic E-state index is 0.000234. The van der Waals surface area contributed by atoms with Crippen molar-refractivity contribution in [2.75, 3.05) is 0 Å². The fourth-order valence-corrected chi connectivity index (χ4v) is 1.67. The molecule has 0 bridgehead atoms. The van der Waals surface area contributed by atoms with Gasteiger partial charge in [-0.1, -0.05) is 0 Å². The zero-order valence-electron chi connectivity index (χ0n) is 11.0. The molecule has 8 heteroatoms. The second kappa shape index (κ2) is 5.95. The molecule has 108 valence electrons. The molecule has 21 heavy (non-hydrogen) atoms. The van der Waals surface area contributed by atoms with E-state index in [0.29, 0.717) is 5.69 Å². The summed E-state index contributed by atoms with van der Waals surface area (Å²) in [6, 6.07) is 4.80. The molecule has 0 aliphatic carbocycles. The Morgan fingerprint density at radius 3 is 2.81 bits per heavy atom. The zero-order valence-corrected chi connectivity index (χ0v) is 11.0. The topological polar surface area (TPSA) is 104 Å². The summed E-state index contributed by atoms with van der Waals surface area (Å²) in [7, 11) is 0. The number of aromatic amines is 1. The normalized spacial score (nSPS) is 11.2. The standard InChI is InChI=1S/C13H11FN4O3/c1-8-4-5-16-12(8)13(17-7-15)21-11-3-2-9(18(19)20)6-10(11)14/h2-7,15-16H,1H3. The molecule has 2 N–H and O–H groups in total. The van der Waals surface area contributed by atoms with Gasteiger partial charge in [-0.25, -0.2) is 9.38 Å². The molecular weight excluding hydrogens is 279 g/mol. The van der Waals surface area contributed by atoms with Crippen molar-refractivity contribution in [3.05, 3.63) is 57.7 Å². The van der Waals surface area contributed by atoms with Gasteiger partial charge in [0.05, 0.1) is 11.0 Å². The second-order valence-corrected chi connectivity index (χ2v) is 4.07. The van der Waals surface area contributed by atoms with Crippen molar-refractivity contribution >= 4 is 17.9 Å². The maximum atomic E-state index is 13.8. The van der Waals surface area contributed by atoms with Crippen LogP contribution in [0, 0.1) is 28.3 Å². The van der Waals surface area contributed by atoms with Crippen molar-refractivity contribution < 1.29 is 14.1 Å². The summed E-state index contributed by atoms with van der Waals surface area (Å²) in [5.41, 5.74) is 0.926. The van der Waals surface area contributed by atoms with E-state index in [0.717, 1.165) is 30.1 Å².